The first-order chi connectivity index (χ1) is 16.4. The molecule has 2 aliphatic carbocycles. The van der Waals surface area contributed by atoms with Crippen LogP contribution >= 0.6 is 0 Å². The standard InChI is InChI=1S/C27H27F5O2/c28-22-11-18(12-23(29)26(22)32)21-10-9-20(24(30)25(21)31)16-5-7-17(8-6-16)27-33-13-19(14-34-27)15-3-1-2-4-15/h5,9-12,15,17,19,27H,1-4,6-8,13-14H2. The fraction of sp³-hybridized carbons (Fsp3) is 0.481. The highest BCUT2D eigenvalue weighted by atomic mass is 19.2. The highest BCUT2D eigenvalue weighted by molar-refractivity contribution is 5.72. The zero-order chi connectivity index (χ0) is 23.8. The lowest BCUT2D eigenvalue weighted by Crippen LogP contribution is -2.39. The Bertz CT molecular complexity index is 1060. The molecule has 7 heteroatoms. The summed E-state index contributed by atoms with van der Waals surface area (Å²) in [5.74, 6) is -5.55. The average Bonchev–Trinajstić information content (AvgIpc) is 3.39. The molecule has 5 rings (SSSR count). The number of rotatable bonds is 4. The Morgan fingerprint density at radius 3 is 1.91 bits per heavy atom. The van der Waals surface area contributed by atoms with Gasteiger partial charge in [-0.25, -0.2) is 22.0 Å². The molecule has 0 bridgehead atoms. The largest absolute Gasteiger partial charge is 0.352 e. The van der Waals surface area contributed by atoms with E-state index in [9.17, 15) is 22.0 Å². The van der Waals surface area contributed by atoms with Crippen molar-refractivity contribution in [3.63, 3.8) is 0 Å². The van der Waals surface area contributed by atoms with Crippen LogP contribution in [0.2, 0.25) is 0 Å². The van der Waals surface area contributed by atoms with Gasteiger partial charge in [-0.1, -0.05) is 43.9 Å². The Hall–Kier alpha value is -2.25. The number of hydrogen-bond acceptors (Lipinski definition) is 2. The molecule has 182 valence electrons. The summed E-state index contributed by atoms with van der Waals surface area (Å²) in [6.45, 7) is 1.43. The smallest absolute Gasteiger partial charge is 0.194 e. The summed E-state index contributed by atoms with van der Waals surface area (Å²) in [7, 11) is 0. The molecule has 0 N–H and O–H groups in total. The minimum atomic E-state index is -1.65. The highest BCUT2D eigenvalue weighted by Crippen LogP contribution is 2.39. The van der Waals surface area contributed by atoms with E-state index in [1.807, 2.05) is 6.08 Å². The molecule has 1 atom stereocenters. The molecule has 1 heterocycles. The van der Waals surface area contributed by atoms with Crippen LogP contribution in [-0.4, -0.2) is 19.5 Å². The summed E-state index contributed by atoms with van der Waals surface area (Å²) in [6.07, 6.45) is 8.59. The van der Waals surface area contributed by atoms with E-state index in [1.165, 1.54) is 37.8 Å². The molecule has 0 spiro atoms. The zero-order valence-corrected chi connectivity index (χ0v) is 18.8. The van der Waals surface area contributed by atoms with Gasteiger partial charge in [0.1, 0.15) is 0 Å². The van der Waals surface area contributed by atoms with Crippen molar-refractivity contribution in [3.8, 4) is 11.1 Å². The maximum atomic E-state index is 14.9. The minimum absolute atomic E-state index is 0.120. The number of halogens is 5. The van der Waals surface area contributed by atoms with Gasteiger partial charge in [0.25, 0.3) is 0 Å². The molecule has 2 fully saturated rings. The van der Waals surface area contributed by atoms with Gasteiger partial charge in [-0.15, -0.1) is 0 Å². The van der Waals surface area contributed by atoms with Crippen molar-refractivity contribution in [2.45, 2.75) is 51.2 Å². The number of hydrogen-bond donors (Lipinski definition) is 0. The van der Waals surface area contributed by atoms with Crippen LogP contribution in [0.15, 0.2) is 30.3 Å². The molecular weight excluding hydrogens is 451 g/mol. The first-order valence-corrected chi connectivity index (χ1v) is 12.0. The maximum Gasteiger partial charge on any atom is 0.194 e. The second-order valence-corrected chi connectivity index (χ2v) is 9.65. The first-order valence-electron chi connectivity index (χ1n) is 12.0. The van der Waals surface area contributed by atoms with E-state index in [2.05, 4.69) is 0 Å². The summed E-state index contributed by atoms with van der Waals surface area (Å²) in [6, 6.07) is 3.98. The molecule has 2 aromatic rings. The van der Waals surface area contributed by atoms with Crippen LogP contribution in [0.1, 0.15) is 50.5 Å². The normalized spacial score (nSPS) is 26.0. The highest BCUT2D eigenvalue weighted by Gasteiger charge is 2.34. The van der Waals surface area contributed by atoms with E-state index in [0.29, 0.717) is 55.6 Å². The Balaban J connectivity index is 1.27. The molecule has 0 aromatic heterocycles. The lowest BCUT2D eigenvalue weighted by Gasteiger charge is -2.37. The molecule has 1 aliphatic heterocycles. The number of benzene rings is 2. The van der Waals surface area contributed by atoms with Crippen LogP contribution in [-0.2, 0) is 9.47 Å². The van der Waals surface area contributed by atoms with Crippen molar-refractivity contribution in [1.29, 1.82) is 0 Å². The van der Waals surface area contributed by atoms with Crippen LogP contribution in [0.5, 0.6) is 0 Å². The summed E-state index contributed by atoms with van der Waals surface area (Å²) >= 11 is 0. The van der Waals surface area contributed by atoms with E-state index in [4.69, 9.17) is 9.47 Å². The van der Waals surface area contributed by atoms with Gasteiger partial charge in [-0.2, -0.15) is 0 Å². The van der Waals surface area contributed by atoms with Gasteiger partial charge >= 0.3 is 0 Å². The third kappa shape index (κ3) is 4.52. The SMILES string of the molecule is Fc1cc(-c2ccc(C3=CCC(C4OCC(C5CCCC5)CO4)CC3)c(F)c2F)cc(F)c1F. The average molecular weight is 479 g/mol. The monoisotopic (exact) mass is 478 g/mol. The Morgan fingerprint density at radius 2 is 1.29 bits per heavy atom. The van der Waals surface area contributed by atoms with Gasteiger partial charge in [-0.3, -0.25) is 0 Å². The molecular formula is C27H27F5O2. The van der Waals surface area contributed by atoms with Gasteiger partial charge in [0.2, 0.25) is 0 Å². The summed E-state index contributed by atoms with van der Waals surface area (Å²) in [5.41, 5.74) is 0.207. The van der Waals surface area contributed by atoms with Gasteiger partial charge in [0.05, 0.1) is 13.2 Å². The van der Waals surface area contributed by atoms with Crippen molar-refractivity contribution in [3.05, 3.63) is 65.0 Å². The molecule has 1 saturated heterocycles. The Labute approximate surface area is 195 Å². The fourth-order valence-electron chi connectivity index (χ4n) is 5.58. The van der Waals surface area contributed by atoms with Crippen molar-refractivity contribution in [2.75, 3.05) is 13.2 Å². The Kier molecular flexibility index (Phi) is 6.76. The molecule has 2 nitrogen and oxygen atoms in total. The molecule has 1 saturated carbocycles. The lowest BCUT2D eigenvalue weighted by atomic mass is 9.85. The number of ether oxygens (including phenoxy) is 2. The molecule has 0 amide bonds. The zero-order valence-electron chi connectivity index (χ0n) is 18.8. The first kappa shape index (κ1) is 23.5. The van der Waals surface area contributed by atoms with Gasteiger partial charge in [-0.05, 0) is 48.4 Å². The summed E-state index contributed by atoms with van der Waals surface area (Å²) in [5, 5.41) is 0. The van der Waals surface area contributed by atoms with Gasteiger partial charge in [0.15, 0.2) is 35.4 Å². The van der Waals surface area contributed by atoms with Crippen LogP contribution in [0, 0.1) is 46.8 Å². The topological polar surface area (TPSA) is 18.5 Å². The number of allylic oxidation sites excluding steroid dienone is 2. The van der Waals surface area contributed by atoms with Crippen LogP contribution in [0.25, 0.3) is 16.7 Å². The molecule has 0 radical (unpaired) electrons. The van der Waals surface area contributed by atoms with E-state index in [-0.39, 0.29) is 28.9 Å². The molecule has 1 unspecified atom stereocenters. The van der Waals surface area contributed by atoms with E-state index < -0.39 is 29.1 Å². The van der Waals surface area contributed by atoms with E-state index in [0.717, 1.165) is 6.42 Å². The summed E-state index contributed by atoms with van der Waals surface area (Å²) < 4.78 is 82.2. The van der Waals surface area contributed by atoms with Crippen LogP contribution in [0.4, 0.5) is 22.0 Å². The van der Waals surface area contributed by atoms with Crippen molar-refractivity contribution in [2.24, 2.45) is 17.8 Å². The van der Waals surface area contributed by atoms with E-state index >= 15 is 0 Å². The molecule has 2 aromatic carbocycles. The lowest BCUT2D eigenvalue weighted by molar-refractivity contribution is -0.231. The van der Waals surface area contributed by atoms with E-state index in [1.54, 1.807) is 0 Å². The maximum absolute atomic E-state index is 14.9. The van der Waals surface area contributed by atoms with Crippen molar-refractivity contribution >= 4 is 5.57 Å². The van der Waals surface area contributed by atoms with Crippen molar-refractivity contribution < 1.29 is 31.4 Å². The minimum Gasteiger partial charge on any atom is -0.352 e. The quantitative estimate of drug-likeness (QED) is 0.337. The second kappa shape index (κ2) is 9.78. The third-order valence-corrected chi connectivity index (χ3v) is 7.58. The predicted octanol–water partition coefficient (Wildman–Crippen LogP) is 7.41. The van der Waals surface area contributed by atoms with Crippen molar-refractivity contribution in [1.82, 2.24) is 0 Å². The van der Waals surface area contributed by atoms with Crippen LogP contribution < -0.4 is 0 Å². The molecule has 34 heavy (non-hydrogen) atoms. The fourth-order valence-corrected chi connectivity index (χ4v) is 5.58. The summed E-state index contributed by atoms with van der Waals surface area (Å²) in [4.78, 5) is 0. The predicted molar refractivity (Wildman–Crippen MR) is 118 cm³/mol. The van der Waals surface area contributed by atoms with Gasteiger partial charge < -0.3 is 9.47 Å². The van der Waals surface area contributed by atoms with Gasteiger partial charge in [0, 0.05) is 23.0 Å². The third-order valence-electron chi connectivity index (χ3n) is 7.58. The molecule has 3 aliphatic rings. The van der Waals surface area contributed by atoms with Crippen LogP contribution in [0.3, 0.4) is 0 Å². The second-order valence-electron chi connectivity index (χ2n) is 9.65. The Morgan fingerprint density at radius 1 is 0.676 bits per heavy atom.